The van der Waals surface area contributed by atoms with E-state index in [1.165, 1.54) is 4.31 Å². The lowest BCUT2D eigenvalue weighted by molar-refractivity contribution is -0.124. The highest BCUT2D eigenvalue weighted by atomic mass is 32.2. The number of pyridine rings is 1. The van der Waals surface area contributed by atoms with Gasteiger partial charge in [0.05, 0.1) is 17.1 Å². The van der Waals surface area contributed by atoms with E-state index >= 15 is 0 Å². The number of carbonyl (C=O) groups is 1. The van der Waals surface area contributed by atoms with Crippen LogP contribution in [-0.2, 0) is 21.4 Å². The van der Waals surface area contributed by atoms with Crippen molar-refractivity contribution in [3.63, 3.8) is 0 Å². The molecule has 1 amide bonds. The molecule has 4 rings (SSSR count). The Morgan fingerprint density at radius 3 is 2.57 bits per heavy atom. The summed E-state index contributed by atoms with van der Waals surface area (Å²) in [5.41, 5.74) is 0.753. The Morgan fingerprint density at radius 2 is 1.82 bits per heavy atom. The van der Waals surface area contributed by atoms with Gasteiger partial charge in [0, 0.05) is 12.2 Å². The Morgan fingerprint density at radius 1 is 1.07 bits per heavy atom. The monoisotopic (exact) mass is 399 g/mol. The maximum atomic E-state index is 13.4. The van der Waals surface area contributed by atoms with Gasteiger partial charge in [0.1, 0.15) is 6.04 Å². The minimum absolute atomic E-state index is 0.0930. The zero-order valence-electron chi connectivity index (χ0n) is 15.7. The molecule has 1 saturated carbocycles. The minimum atomic E-state index is -3.73. The van der Waals surface area contributed by atoms with Crippen molar-refractivity contribution in [2.75, 3.05) is 0 Å². The number of nitrogens with zero attached hydrogens (tertiary/aromatic N) is 2. The molecule has 7 heteroatoms. The highest BCUT2D eigenvalue weighted by molar-refractivity contribution is 7.89. The first-order chi connectivity index (χ1) is 13.6. The van der Waals surface area contributed by atoms with Gasteiger partial charge < -0.3 is 5.32 Å². The number of amides is 1. The van der Waals surface area contributed by atoms with Crippen molar-refractivity contribution in [3.05, 3.63) is 60.4 Å². The highest BCUT2D eigenvalue weighted by Crippen LogP contribution is 2.42. The summed E-state index contributed by atoms with van der Waals surface area (Å²) in [6, 6.07) is 13.2. The fourth-order valence-electron chi connectivity index (χ4n) is 4.50. The van der Waals surface area contributed by atoms with Gasteiger partial charge in [-0.1, -0.05) is 37.1 Å². The van der Waals surface area contributed by atoms with E-state index in [0.717, 1.165) is 31.4 Å². The van der Waals surface area contributed by atoms with E-state index in [0.29, 0.717) is 13.0 Å². The third-order valence-electron chi connectivity index (χ3n) is 5.82. The van der Waals surface area contributed by atoms with E-state index in [9.17, 15) is 13.2 Å². The molecule has 1 N–H and O–H groups in total. The fraction of sp³-hybridized carbons (Fsp3) is 0.429. The largest absolute Gasteiger partial charge is 0.349 e. The van der Waals surface area contributed by atoms with Gasteiger partial charge in [-0.05, 0) is 49.4 Å². The Bertz CT molecular complexity index is 918. The molecule has 0 radical (unpaired) electrons. The van der Waals surface area contributed by atoms with Gasteiger partial charge in [-0.15, -0.1) is 0 Å². The second-order valence-electron chi connectivity index (χ2n) is 7.55. The van der Waals surface area contributed by atoms with E-state index in [-0.39, 0.29) is 22.8 Å². The van der Waals surface area contributed by atoms with Crippen molar-refractivity contribution in [3.8, 4) is 0 Å². The highest BCUT2D eigenvalue weighted by Gasteiger charge is 2.50. The number of aromatic nitrogens is 1. The van der Waals surface area contributed by atoms with E-state index in [2.05, 4.69) is 10.3 Å². The van der Waals surface area contributed by atoms with Gasteiger partial charge in [-0.2, -0.15) is 4.31 Å². The fourth-order valence-corrected chi connectivity index (χ4v) is 6.40. The van der Waals surface area contributed by atoms with Gasteiger partial charge in [0.15, 0.2) is 0 Å². The first-order valence-electron chi connectivity index (χ1n) is 9.83. The first-order valence-corrected chi connectivity index (χ1v) is 11.3. The molecular weight excluding hydrogens is 374 g/mol. The summed E-state index contributed by atoms with van der Waals surface area (Å²) in [5.74, 6) is 0.0115. The zero-order valence-corrected chi connectivity index (χ0v) is 16.5. The molecule has 0 bridgehead atoms. The number of nitrogens with one attached hydrogen (secondary N) is 1. The molecule has 1 aliphatic heterocycles. The van der Waals surface area contributed by atoms with Gasteiger partial charge in [-0.25, -0.2) is 8.42 Å². The summed E-state index contributed by atoms with van der Waals surface area (Å²) in [4.78, 5) is 17.5. The molecule has 6 nitrogen and oxygen atoms in total. The van der Waals surface area contributed by atoms with E-state index in [1.54, 1.807) is 36.5 Å². The van der Waals surface area contributed by atoms with Gasteiger partial charge in [0.25, 0.3) is 0 Å². The lowest BCUT2D eigenvalue weighted by Gasteiger charge is -2.32. The molecule has 1 aromatic carbocycles. The number of sulfonamides is 1. The van der Waals surface area contributed by atoms with Crippen LogP contribution in [0.25, 0.3) is 0 Å². The lowest BCUT2D eigenvalue weighted by Crippen LogP contribution is -2.49. The van der Waals surface area contributed by atoms with Gasteiger partial charge >= 0.3 is 0 Å². The number of carbonyl (C=O) groups excluding carboxylic acids is 1. The summed E-state index contributed by atoms with van der Waals surface area (Å²) in [7, 11) is -3.73. The number of hydrogen-bond donors (Lipinski definition) is 1. The summed E-state index contributed by atoms with van der Waals surface area (Å²) in [5, 5.41) is 2.90. The van der Waals surface area contributed by atoms with E-state index in [1.807, 2.05) is 18.2 Å². The summed E-state index contributed by atoms with van der Waals surface area (Å²) >= 11 is 0. The van der Waals surface area contributed by atoms with Crippen LogP contribution in [0, 0.1) is 5.92 Å². The Kier molecular flexibility index (Phi) is 5.46. The normalized spacial score (nSPS) is 25.2. The SMILES string of the molecule is O=C(NCc1ccccn1)[C@@H]1C[C@@H]2CCCC[C@H]2N1S(=O)(=O)c1ccccc1. The number of hydrogen-bond acceptors (Lipinski definition) is 4. The van der Waals surface area contributed by atoms with Gasteiger partial charge in [0.2, 0.25) is 15.9 Å². The van der Waals surface area contributed by atoms with Crippen LogP contribution in [0.3, 0.4) is 0 Å². The van der Waals surface area contributed by atoms with Crippen molar-refractivity contribution in [2.45, 2.75) is 55.6 Å². The van der Waals surface area contributed by atoms with Crippen molar-refractivity contribution in [2.24, 2.45) is 5.92 Å². The number of fused-ring (bicyclic) bond motifs is 1. The topological polar surface area (TPSA) is 79.4 Å². The van der Waals surface area contributed by atoms with E-state index < -0.39 is 16.1 Å². The molecule has 1 aromatic heterocycles. The molecule has 3 atom stereocenters. The Labute approximate surface area is 166 Å². The van der Waals surface area contributed by atoms with Crippen LogP contribution in [0.2, 0.25) is 0 Å². The predicted octanol–water partition coefficient (Wildman–Crippen LogP) is 2.72. The third-order valence-corrected chi connectivity index (χ3v) is 7.77. The molecule has 1 aliphatic carbocycles. The Balaban J connectivity index is 1.60. The van der Waals surface area contributed by atoms with Crippen LogP contribution in [0.1, 0.15) is 37.8 Å². The average molecular weight is 400 g/mol. The standard InChI is InChI=1S/C21H25N3O3S/c25-21(23-15-17-9-6-7-13-22-17)20-14-16-8-4-5-12-19(16)24(20)28(26,27)18-10-2-1-3-11-18/h1-3,6-7,9-11,13,16,19-20H,4-5,8,12,14-15H2,(H,23,25)/t16-,19+,20-/m0/s1. The van der Waals surface area contributed by atoms with Crippen LogP contribution in [0.15, 0.2) is 59.6 Å². The molecule has 0 unspecified atom stereocenters. The van der Waals surface area contributed by atoms with Crippen LogP contribution in [-0.4, -0.2) is 35.7 Å². The molecular formula is C21H25N3O3S. The minimum Gasteiger partial charge on any atom is -0.349 e. The number of rotatable bonds is 5. The molecule has 2 aromatic rings. The zero-order chi connectivity index (χ0) is 19.6. The van der Waals surface area contributed by atoms with Crippen molar-refractivity contribution < 1.29 is 13.2 Å². The third kappa shape index (κ3) is 3.69. The quantitative estimate of drug-likeness (QED) is 0.838. The van der Waals surface area contributed by atoms with Crippen LogP contribution in [0.4, 0.5) is 0 Å². The molecule has 1 saturated heterocycles. The summed E-state index contributed by atoms with van der Waals surface area (Å²) < 4.78 is 28.3. The molecule has 2 aliphatic rings. The number of benzene rings is 1. The van der Waals surface area contributed by atoms with Crippen molar-refractivity contribution in [1.29, 1.82) is 0 Å². The van der Waals surface area contributed by atoms with Crippen molar-refractivity contribution >= 4 is 15.9 Å². The van der Waals surface area contributed by atoms with Crippen LogP contribution in [0.5, 0.6) is 0 Å². The molecule has 0 spiro atoms. The molecule has 148 valence electrons. The van der Waals surface area contributed by atoms with Crippen molar-refractivity contribution in [1.82, 2.24) is 14.6 Å². The van der Waals surface area contributed by atoms with E-state index in [4.69, 9.17) is 0 Å². The summed E-state index contributed by atoms with van der Waals surface area (Å²) in [6.45, 7) is 0.296. The Hall–Kier alpha value is -2.25. The van der Waals surface area contributed by atoms with Crippen LogP contribution < -0.4 is 5.32 Å². The second kappa shape index (κ2) is 8.01. The molecule has 28 heavy (non-hydrogen) atoms. The average Bonchev–Trinajstić information content (AvgIpc) is 3.14. The first kappa shape index (κ1) is 19.1. The van der Waals surface area contributed by atoms with Crippen LogP contribution >= 0.6 is 0 Å². The predicted molar refractivity (Wildman–Crippen MR) is 106 cm³/mol. The maximum absolute atomic E-state index is 13.4. The maximum Gasteiger partial charge on any atom is 0.244 e. The molecule has 2 heterocycles. The van der Waals surface area contributed by atoms with Gasteiger partial charge in [-0.3, -0.25) is 9.78 Å². The lowest BCUT2D eigenvalue weighted by atomic mass is 9.85. The second-order valence-corrected chi connectivity index (χ2v) is 9.39. The smallest absolute Gasteiger partial charge is 0.244 e. The molecule has 2 fully saturated rings. The summed E-state index contributed by atoms with van der Waals surface area (Å²) in [6.07, 6.45) is 6.17.